The number of fused-ring (bicyclic) bond motifs is 8. The number of ether oxygens (including phenoxy) is 4. The van der Waals surface area contributed by atoms with Crippen LogP contribution in [0.1, 0.15) is 40.3 Å². The first kappa shape index (κ1) is 15.6. The standard InChI is InChI=1S/C20H19NO6/c1-21-6-12-9(2-3-13-20(12)27-8-24-13)16-17(21)10-4-14-15(26-7-25-14)5-11(10)18(22)19(16)23/h2-5,16-19,22-23H,6-8H2,1H3/t16-,17-,18+,19-/m1/s1. The molecule has 0 spiro atoms. The van der Waals surface area contributed by atoms with Gasteiger partial charge in [-0.1, -0.05) is 6.07 Å². The Morgan fingerprint density at radius 1 is 0.889 bits per heavy atom. The van der Waals surface area contributed by atoms with Gasteiger partial charge in [-0.3, -0.25) is 4.90 Å². The largest absolute Gasteiger partial charge is 0.454 e. The lowest BCUT2D eigenvalue weighted by Crippen LogP contribution is -2.45. The first-order chi connectivity index (χ1) is 13.1. The van der Waals surface area contributed by atoms with Gasteiger partial charge in [-0.25, -0.2) is 0 Å². The molecule has 4 aliphatic rings. The normalized spacial score (nSPS) is 29.9. The molecule has 0 aromatic heterocycles. The Kier molecular flexibility index (Phi) is 3.05. The molecule has 27 heavy (non-hydrogen) atoms. The zero-order valence-corrected chi connectivity index (χ0v) is 14.7. The Labute approximate surface area is 155 Å². The summed E-state index contributed by atoms with van der Waals surface area (Å²) in [5.74, 6) is 2.49. The van der Waals surface area contributed by atoms with Crippen molar-refractivity contribution in [2.24, 2.45) is 0 Å². The van der Waals surface area contributed by atoms with E-state index in [1.165, 1.54) is 0 Å². The smallest absolute Gasteiger partial charge is 0.231 e. The SMILES string of the molecule is CN1Cc2c(ccc3c2OCO3)[C@H]2[C@@H](O)[C@@H](O)c3cc4c(cc3[C@H]21)OCO4. The molecule has 2 aromatic rings. The summed E-state index contributed by atoms with van der Waals surface area (Å²) in [6, 6.07) is 7.53. The number of rotatable bonds is 0. The molecule has 0 unspecified atom stereocenters. The van der Waals surface area contributed by atoms with Gasteiger partial charge in [-0.2, -0.15) is 0 Å². The van der Waals surface area contributed by atoms with Crippen molar-refractivity contribution in [3.8, 4) is 23.0 Å². The zero-order valence-electron chi connectivity index (χ0n) is 14.7. The number of aliphatic hydroxyl groups is 2. The Morgan fingerprint density at radius 3 is 2.41 bits per heavy atom. The summed E-state index contributed by atoms with van der Waals surface area (Å²) in [5.41, 5.74) is 3.68. The molecule has 0 radical (unpaired) electrons. The van der Waals surface area contributed by atoms with Crippen molar-refractivity contribution in [3.05, 3.63) is 46.5 Å². The third kappa shape index (κ3) is 1.96. The van der Waals surface area contributed by atoms with Crippen LogP contribution in [0.4, 0.5) is 0 Å². The van der Waals surface area contributed by atoms with E-state index < -0.39 is 12.2 Å². The summed E-state index contributed by atoms with van der Waals surface area (Å²) in [6.07, 6.45) is -1.94. The quantitative estimate of drug-likeness (QED) is 0.733. The van der Waals surface area contributed by atoms with E-state index >= 15 is 0 Å². The number of aliphatic hydroxyl groups excluding tert-OH is 2. The molecule has 7 nitrogen and oxygen atoms in total. The van der Waals surface area contributed by atoms with Gasteiger partial charge in [-0.05, 0) is 41.9 Å². The van der Waals surface area contributed by atoms with Crippen molar-refractivity contribution in [2.45, 2.75) is 30.7 Å². The van der Waals surface area contributed by atoms with Crippen LogP contribution < -0.4 is 18.9 Å². The lowest BCUT2D eigenvalue weighted by molar-refractivity contribution is -0.0381. The molecule has 2 N–H and O–H groups in total. The van der Waals surface area contributed by atoms with E-state index in [0.29, 0.717) is 23.6 Å². The Bertz CT molecular complexity index is 960. The molecule has 3 heterocycles. The van der Waals surface area contributed by atoms with Crippen LogP contribution in [-0.4, -0.2) is 41.9 Å². The van der Waals surface area contributed by atoms with E-state index in [4.69, 9.17) is 18.9 Å². The second kappa shape index (κ2) is 5.28. The molecule has 7 heteroatoms. The van der Waals surface area contributed by atoms with Gasteiger partial charge in [0.1, 0.15) is 6.10 Å². The van der Waals surface area contributed by atoms with Crippen molar-refractivity contribution in [1.82, 2.24) is 4.90 Å². The summed E-state index contributed by atoms with van der Waals surface area (Å²) in [4.78, 5) is 2.19. The highest BCUT2D eigenvalue weighted by atomic mass is 16.7. The van der Waals surface area contributed by atoms with E-state index in [1.54, 1.807) is 6.07 Å². The highest BCUT2D eigenvalue weighted by molar-refractivity contribution is 5.58. The van der Waals surface area contributed by atoms with Gasteiger partial charge in [0, 0.05) is 24.1 Å². The molecule has 0 amide bonds. The maximum atomic E-state index is 11.1. The van der Waals surface area contributed by atoms with Crippen LogP contribution in [0, 0.1) is 0 Å². The molecule has 0 saturated heterocycles. The van der Waals surface area contributed by atoms with Crippen molar-refractivity contribution in [1.29, 1.82) is 0 Å². The average Bonchev–Trinajstić information content (AvgIpc) is 3.32. The van der Waals surface area contributed by atoms with E-state index in [0.717, 1.165) is 28.2 Å². The summed E-state index contributed by atoms with van der Waals surface area (Å²) in [7, 11) is 2.02. The molecule has 3 aliphatic heterocycles. The Balaban J connectivity index is 1.56. The number of nitrogens with zero attached hydrogens (tertiary/aromatic N) is 1. The van der Waals surface area contributed by atoms with E-state index in [2.05, 4.69) is 4.90 Å². The average molecular weight is 369 g/mol. The van der Waals surface area contributed by atoms with E-state index in [1.807, 2.05) is 25.2 Å². The van der Waals surface area contributed by atoms with Crippen LogP contribution in [0.25, 0.3) is 0 Å². The van der Waals surface area contributed by atoms with Crippen LogP contribution in [0.5, 0.6) is 23.0 Å². The van der Waals surface area contributed by atoms with Gasteiger partial charge in [0.05, 0.1) is 6.10 Å². The molecule has 4 atom stereocenters. The minimum atomic E-state index is -1.000. The molecular weight excluding hydrogens is 350 g/mol. The highest BCUT2D eigenvalue weighted by Crippen LogP contribution is 2.56. The van der Waals surface area contributed by atoms with Gasteiger partial charge in [0.15, 0.2) is 23.0 Å². The first-order valence-corrected chi connectivity index (χ1v) is 9.04. The minimum absolute atomic E-state index is 0.0826. The summed E-state index contributed by atoms with van der Waals surface area (Å²) >= 11 is 0. The summed E-state index contributed by atoms with van der Waals surface area (Å²) in [5, 5.41) is 21.9. The lowest BCUT2D eigenvalue weighted by Gasteiger charge is -2.48. The third-order valence-electron chi connectivity index (χ3n) is 6.17. The van der Waals surface area contributed by atoms with E-state index in [9.17, 15) is 10.2 Å². The maximum Gasteiger partial charge on any atom is 0.231 e. The predicted octanol–water partition coefficient (Wildman–Crippen LogP) is 1.82. The molecule has 0 saturated carbocycles. The molecule has 1 aliphatic carbocycles. The zero-order chi connectivity index (χ0) is 18.3. The Morgan fingerprint density at radius 2 is 1.59 bits per heavy atom. The highest BCUT2D eigenvalue weighted by Gasteiger charge is 2.48. The molecule has 0 fully saturated rings. The van der Waals surface area contributed by atoms with Crippen molar-refractivity contribution in [2.75, 3.05) is 20.6 Å². The molecule has 6 rings (SSSR count). The van der Waals surface area contributed by atoms with Crippen LogP contribution in [0.15, 0.2) is 24.3 Å². The molecular formula is C20H19NO6. The summed E-state index contributed by atoms with van der Waals surface area (Å²) < 4.78 is 22.2. The van der Waals surface area contributed by atoms with Crippen LogP contribution in [0.2, 0.25) is 0 Å². The van der Waals surface area contributed by atoms with Crippen LogP contribution >= 0.6 is 0 Å². The lowest BCUT2D eigenvalue weighted by atomic mass is 9.69. The number of hydrogen-bond acceptors (Lipinski definition) is 7. The number of likely N-dealkylation sites (N-methyl/N-ethyl adjacent to an activating group) is 1. The van der Waals surface area contributed by atoms with Crippen LogP contribution in [0.3, 0.4) is 0 Å². The second-order valence-electron chi connectivity index (χ2n) is 7.52. The van der Waals surface area contributed by atoms with Gasteiger partial charge < -0.3 is 29.2 Å². The first-order valence-electron chi connectivity index (χ1n) is 9.04. The fourth-order valence-corrected chi connectivity index (χ4v) is 4.98. The number of hydrogen-bond donors (Lipinski definition) is 2. The Hall–Kier alpha value is -2.48. The topological polar surface area (TPSA) is 80.6 Å². The van der Waals surface area contributed by atoms with Gasteiger partial charge in [0.2, 0.25) is 13.6 Å². The maximum absolute atomic E-state index is 11.1. The van der Waals surface area contributed by atoms with Gasteiger partial charge in [0.25, 0.3) is 0 Å². The third-order valence-corrected chi connectivity index (χ3v) is 6.17. The van der Waals surface area contributed by atoms with Crippen molar-refractivity contribution >= 4 is 0 Å². The fourth-order valence-electron chi connectivity index (χ4n) is 4.98. The molecule has 2 aromatic carbocycles. The minimum Gasteiger partial charge on any atom is -0.454 e. The molecule has 0 bridgehead atoms. The van der Waals surface area contributed by atoms with Crippen molar-refractivity contribution < 1.29 is 29.2 Å². The van der Waals surface area contributed by atoms with Crippen LogP contribution in [-0.2, 0) is 6.54 Å². The van der Waals surface area contributed by atoms with Gasteiger partial charge in [-0.15, -0.1) is 0 Å². The molecule has 140 valence electrons. The second-order valence-corrected chi connectivity index (χ2v) is 7.52. The fraction of sp³-hybridized carbons (Fsp3) is 0.400. The van der Waals surface area contributed by atoms with Crippen molar-refractivity contribution in [3.63, 3.8) is 0 Å². The predicted molar refractivity (Wildman–Crippen MR) is 93.0 cm³/mol. The monoisotopic (exact) mass is 369 g/mol. The number of benzene rings is 2. The van der Waals surface area contributed by atoms with E-state index in [-0.39, 0.29) is 25.5 Å². The van der Waals surface area contributed by atoms with Gasteiger partial charge >= 0.3 is 0 Å². The summed E-state index contributed by atoms with van der Waals surface area (Å²) in [6.45, 7) is 1.05.